The van der Waals surface area contributed by atoms with Crippen molar-refractivity contribution in [3.63, 3.8) is 0 Å². The van der Waals surface area contributed by atoms with Gasteiger partial charge in [-0.2, -0.15) is 0 Å². The van der Waals surface area contributed by atoms with Crippen LogP contribution in [0.5, 0.6) is 0 Å². The maximum absolute atomic E-state index is 12.1. The van der Waals surface area contributed by atoms with Gasteiger partial charge in [0, 0.05) is 24.5 Å². The first-order valence-corrected chi connectivity index (χ1v) is 7.15. The molecular formula is C15H20ClNO3. The summed E-state index contributed by atoms with van der Waals surface area (Å²) >= 11 is 6.09. The first kappa shape index (κ1) is 16.5. The number of unbranched alkanes of at least 4 members (excludes halogenated alkanes) is 1. The molecule has 0 atom stereocenters. The van der Waals surface area contributed by atoms with Crippen LogP contribution in [0, 0.1) is 0 Å². The van der Waals surface area contributed by atoms with Gasteiger partial charge in [0.2, 0.25) is 5.91 Å². The summed E-state index contributed by atoms with van der Waals surface area (Å²) in [7, 11) is 0. The lowest BCUT2D eigenvalue weighted by Crippen LogP contribution is -2.32. The van der Waals surface area contributed by atoms with Gasteiger partial charge in [-0.1, -0.05) is 43.1 Å². The Hall–Kier alpha value is -1.55. The van der Waals surface area contributed by atoms with E-state index in [2.05, 4.69) is 0 Å². The maximum Gasteiger partial charge on any atom is 0.305 e. The van der Waals surface area contributed by atoms with E-state index in [1.54, 1.807) is 11.0 Å². The Labute approximate surface area is 124 Å². The molecule has 0 bridgehead atoms. The molecule has 1 N–H and O–H groups in total. The zero-order chi connectivity index (χ0) is 15.0. The highest BCUT2D eigenvalue weighted by Gasteiger charge is 2.15. The number of amides is 1. The summed E-state index contributed by atoms with van der Waals surface area (Å²) in [5, 5.41) is 9.37. The average Bonchev–Trinajstić information content (AvgIpc) is 2.42. The molecule has 4 nitrogen and oxygen atoms in total. The summed E-state index contributed by atoms with van der Waals surface area (Å²) in [6.07, 6.45) is 2.14. The number of hydrogen-bond donors (Lipinski definition) is 1. The lowest BCUT2D eigenvalue weighted by atomic mass is 10.1. The molecule has 1 amide bonds. The first-order valence-electron chi connectivity index (χ1n) is 6.77. The molecule has 1 rings (SSSR count). The summed E-state index contributed by atoms with van der Waals surface area (Å²) in [5.74, 6) is -0.925. The highest BCUT2D eigenvalue weighted by atomic mass is 35.5. The normalized spacial score (nSPS) is 10.3. The highest BCUT2D eigenvalue weighted by Crippen LogP contribution is 2.18. The minimum Gasteiger partial charge on any atom is -0.481 e. The fourth-order valence-electron chi connectivity index (χ4n) is 1.84. The first-order chi connectivity index (χ1) is 9.54. The Balaban J connectivity index is 2.73. The Kier molecular flexibility index (Phi) is 7.09. The predicted octanol–water partition coefficient (Wildman–Crippen LogP) is 3.33. The van der Waals surface area contributed by atoms with Gasteiger partial charge in [0.15, 0.2) is 0 Å². The van der Waals surface area contributed by atoms with Crippen molar-refractivity contribution in [1.82, 2.24) is 4.90 Å². The molecule has 0 aliphatic heterocycles. The van der Waals surface area contributed by atoms with Gasteiger partial charge in [-0.15, -0.1) is 0 Å². The van der Waals surface area contributed by atoms with E-state index in [4.69, 9.17) is 16.7 Å². The van der Waals surface area contributed by atoms with Gasteiger partial charge in [-0.05, 0) is 18.1 Å². The number of carboxylic acid groups (broad SMARTS) is 1. The number of hydrogen-bond acceptors (Lipinski definition) is 2. The molecule has 110 valence electrons. The van der Waals surface area contributed by atoms with Gasteiger partial charge >= 0.3 is 5.97 Å². The van der Waals surface area contributed by atoms with Gasteiger partial charge in [-0.25, -0.2) is 0 Å². The number of halogens is 1. The second kappa shape index (κ2) is 8.59. The lowest BCUT2D eigenvalue weighted by Gasteiger charge is -2.22. The van der Waals surface area contributed by atoms with E-state index in [0.717, 1.165) is 18.4 Å². The number of benzene rings is 1. The van der Waals surface area contributed by atoms with Crippen LogP contribution in [0.15, 0.2) is 24.3 Å². The van der Waals surface area contributed by atoms with Crippen molar-refractivity contribution in [2.45, 2.75) is 39.2 Å². The SMILES string of the molecule is CCCCC(=O)N(CCC(=O)O)Cc1ccccc1Cl. The van der Waals surface area contributed by atoms with Crippen molar-refractivity contribution in [3.05, 3.63) is 34.9 Å². The topological polar surface area (TPSA) is 57.6 Å². The molecule has 0 saturated carbocycles. The fraction of sp³-hybridized carbons (Fsp3) is 0.467. The molecule has 0 aromatic heterocycles. The maximum atomic E-state index is 12.1. The molecule has 0 aliphatic carbocycles. The average molecular weight is 298 g/mol. The standard InChI is InChI=1S/C15H20ClNO3/c1-2-3-8-14(18)17(10-9-15(19)20)11-12-6-4-5-7-13(12)16/h4-7H,2-3,8-11H2,1H3,(H,19,20). The Morgan fingerprint density at radius 3 is 2.55 bits per heavy atom. The minimum atomic E-state index is -0.905. The van der Waals surface area contributed by atoms with Crippen LogP contribution < -0.4 is 0 Å². The van der Waals surface area contributed by atoms with E-state index in [1.807, 2.05) is 25.1 Å². The Bertz CT molecular complexity index is 462. The van der Waals surface area contributed by atoms with E-state index in [1.165, 1.54) is 0 Å². The van der Waals surface area contributed by atoms with Crippen molar-refractivity contribution >= 4 is 23.5 Å². The molecule has 0 fully saturated rings. The molecule has 0 aliphatic rings. The van der Waals surface area contributed by atoms with Gasteiger partial charge in [0.1, 0.15) is 0 Å². The van der Waals surface area contributed by atoms with Crippen LogP contribution in [-0.4, -0.2) is 28.4 Å². The number of aliphatic carboxylic acids is 1. The zero-order valence-corrected chi connectivity index (χ0v) is 12.4. The third-order valence-corrected chi connectivity index (χ3v) is 3.38. The van der Waals surface area contributed by atoms with E-state index >= 15 is 0 Å². The number of rotatable bonds is 8. The fourth-order valence-corrected chi connectivity index (χ4v) is 2.04. The van der Waals surface area contributed by atoms with Crippen LogP contribution >= 0.6 is 11.6 Å². The Morgan fingerprint density at radius 1 is 1.25 bits per heavy atom. The zero-order valence-electron chi connectivity index (χ0n) is 11.6. The van der Waals surface area contributed by atoms with Gasteiger partial charge in [0.25, 0.3) is 0 Å². The second-order valence-electron chi connectivity index (χ2n) is 4.65. The summed E-state index contributed by atoms with van der Waals surface area (Å²) in [5.41, 5.74) is 0.837. The monoisotopic (exact) mass is 297 g/mol. The van der Waals surface area contributed by atoms with E-state index < -0.39 is 5.97 Å². The second-order valence-corrected chi connectivity index (χ2v) is 5.06. The van der Waals surface area contributed by atoms with Crippen molar-refractivity contribution < 1.29 is 14.7 Å². The van der Waals surface area contributed by atoms with Crippen molar-refractivity contribution in [1.29, 1.82) is 0 Å². The van der Waals surface area contributed by atoms with Gasteiger partial charge < -0.3 is 10.0 Å². The van der Waals surface area contributed by atoms with Crippen LogP contribution in [0.1, 0.15) is 38.2 Å². The molecule has 1 aromatic rings. The number of nitrogens with zero attached hydrogens (tertiary/aromatic N) is 1. The molecule has 0 spiro atoms. The molecule has 5 heteroatoms. The van der Waals surface area contributed by atoms with Crippen LogP contribution in [0.2, 0.25) is 5.02 Å². The molecule has 0 radical (unpaired) electrons. The predicted molar refractivity (Wildman–Crippen MR) is 78.6 cm³/mol. The van der Waals surface area contributed by atoms with Crippen molar-refractivity contribution in [2.24, 2.45) is 0 Å². The largest absolute Gasteiger partial charge is 0.481 e. The molecule has 0 heterocycles. The molecule has 0 saturated heterocycles. The van der Waals surface area contributed by atoms with E-state index in [0.29, 0.717) is 18.0 Å². The van der Waals surface area contributed by atoms with Crippen LogP contribution in [0.4, 0.5) is 0 Å². The summed E-state index contributed by atoms with van der Waals surface area (Å²) < 4.78 is 0. The molecule has 0 unspecified atom stereocenters. The molecule has 1 aromatic carbocycles. The van der Waals surface area contributed by atoms with Crippen LogP contribution in [0.3, 0.4) is 0 Å². The quantitative estimate of drug-likeness (QED) is 0.800. The third kappa shape index (κ3) is 5.61. The van der Waals surface area contributed by atoms with Gasteiger partial charge in [-0.3, -0.25) is 9.59 Å². The Morgan fingerprint density at radius 2 is 1.95 bits per heavy atom. The molecule has 20 heavy (non-hydrogen) atoms. The smallest absolute Gasteiger partial charge is 0.305 e. The summed E-state index contributed by atoms with van der Waals surface area (Å²) in [4.78, 5) is 24.4. The van der Waals surface area contributed by atoms with Gasteiger partial charge in [0.05, 0.1) is 6.42 Å². The highest BCUT2D eigenvalue weighted by molar-refractivity contribution is 6.31. The van der Waals surface area contributed by atoms with E-state index in [9.17, 15) is 9.59 Å². The van der Waals surface area contributed by atoms with Crippen LogP contribution in [-0.2, 0) is 16.1 Å². The van der Waals surface area contributed by atoms with Crippen LogP contribution in [0.25, 0.3) is 0 Å². The summed E-state index contributed by atoms with van der Waals surface area (Å²) in [6, 6.07) is 7.30. The molecular weight excluding hydrogens is 278 g/mol. The van der Waals surface area contributed by atoms with Crippen molar-refractivity contribution in [3.8, 4) is 0 Å². The lowest BCUT2D eigenvalue weighted by molar-refractivity contribution is -0.138. The summed E-state index contributed by atoms with van der Waals surface area (Å²) in [6.45, 7) is 2.58. The number of carbonyl (C=O) groups is 2. The number of carbonyl (C=O) groups excluding carboxylic acids is 1. The van der Waals surface area contributed by atoms with E-state index in [-0.39, 0.29) is 18.9 Å². The third-order valence-electron chi connectivity index (χ3n) is 3.01. The minimum absolute atomic E-state index is 0.0204. The number of carboxylic acids is 1. The van der Waals surface area contributed by atoms with Crippen molar-refractivity contribution in [2.75, 3.05) is 6.54 Å².